The lowest BCUT2D eigenvalue weighted by Crippen LogP contribution is -2.48. The van der Waals surface area contributed by atoms with Gasteiger partial charge in [-0.25, -0.2) is 0 Å². The van der Waals surface area contributed by atoms with Gasteiger partial charge in [-0.15, -0.1) is 0 Å². The number of nitrogens with one attached hydrogen (secondary N) is 1. The maximum Gasteiger partial charge on any atom is 0.0277 e. The molecule has 0 aromatic heterocycles. The summed E-state index contributed by atoms with van der Waals surface area (Å²) < 4.78 is 0. The van der Waals surface area contributed by atoms with Crippen LogP contribution in [-0.4, -0.2) is 62.2 Å². The standard InChI is InChI=1S/C14H31N3/c1-5-14(2)13-17(12-8-9-15-14)11-7-6-10-16(3)4/h15H,5-13H2,1-4H3. The number of rotatable bonds is 6. The molecule has 102 valence electrons. The van der Waals surface area contributed by atoms with Gasteiger partial charge in [-0.05, 0) is 72.9 Å². The highest BCUT2D eigenvalue weighted by molar-refractivity contribution is 4.87. The Bertz CT molecular complexity index is 206. The zero-order chi connectivity index (χ0) is 12.7. The zero-order valence-corrected chi connectivity index (χ0v) is 12.3. The van der Waals surface area contributed by atoms with E-state index in [9.17, 15) is 0 Å². The Morgan fingerprint density at radius 3 is 2.71 bits per heavy atom. The van der Waals surface area contributed by atoms with Crippen LogP contribution in [0.2, 0.25) is 0 Å². The van der Waals surface area contributed by atoms with Crippen molar-refractivity contribution < 1.29 is 0 Å². The maximum absolute atomic E-state index is 3.70. The van der Waals surface area contributed by atoms with Gasteiger partial charge in [-0.2, -0.15) is 0 Å². The van der Waals surface area contributed by atoms with Gasteiger partial charge < -0.3 is 15.1 Å². The van der Waals surface area contributed by atoms with Crippen LogP contribution in [0.1, 0.15) is 39.5 Å². The van der Waals surface area contributed by atoms with Gasteiger partial charge in [-0.3, -0.25) is 0 Å². The fraction of sp³-hybridized carbons (Fsp3) is 1.00. The number of hydrogen-bond acceptors (Lipinski definition) is 3. The molecule has 1 aliphatic heterocycles. The van der Waals surface area contributed by atoms with E-state index < -0.39 is 0 Å². The Hall–Kier alpha value is -0.120. The summed E-state index contributed by atoms with van der Waals surface area (Å²) in [4.78, 5) is 4.93. The van der Waals surface area contributed by atoms with E-state index in [0.29, 0.717) is 5.54 Å². The number of unbranched alkanes of at least 4 members (excludes halogenated alkanes) is 1. The first-order chi connectivity index (χ1) is 8.06. The van der Waals surface area contributed by atoms with Crippen molar-refractivity contribution in [2.75, 3.05) is 46.8 Å². The first kappa shape index (κ1) is 14.9. The molecule has 1 N–H and O–H groups in total. The van der Waals surface area contributed by atoms with Crippen molar-refractivity contribution in [3.63, 3.8) is 0 Å². The maximum atomic E-state index is 3.70. The lowest BCUT2D eigenvalue weighted by molar-refractivity contribution is 0.209. The molecule has 0 spiro atoms. The molecule has 1 unspecified atom stereocenters. The molecule has 0 aromatic rings. The third-order valence-corrected chi connectivity index (χ3v) is 3.89. The van der Waals surface area contributed by atoms with E-state index in [1.807, 2.05) is 0 Å². The molecule has 3 nitrogen and oxygen atoms in total. The van der Waals surface area contributed by atoms with E-state index in [2.05, 4.69) is 43.1 Å². The summed E-state index contributed by atoms with van der Waals surface area (Å²) in [7, 11) is 4.31. The molecule has 0 saturated carbocycles. The zero-order valence-electron chi connectivity index (χ0n) is 12.3. The predicted octanol–water partition coefficient (Wildman–Crippen LogP) is 1.79. The van der Waals surface area contributed by atoms with Crippen molar-refractivity contribution in [3.05, 3.63) is 0 Å². The largest absolute Gasteiger partial charge is 0.310 e. The summed E-state index contributed by atoms with van der Waals surface area (Å²) in [6.45, 7) is 10.8. The van der Waals surface area contributed by atoms with Crippen molar-refractivity contribution in [3.8, 4) is 0 Å². The summed E-state index contributed by atoms with van der Waals surface area (Å²) >= 11 is 0. The molecule has 1 aliphatic rings. The summed E-state index contributed by atoms with van der Waals surface area (Å²) in [5.74, 6) is 0. The summed E-state index contributed by atoms with van der Waals surface area (Å²) in [6, 6.07) is 0. The first-order valence-electron chi connectivity index (χ1n) is 7.18. The highest BCUT2D eigenvalue weighted by Gasteiger charge is 2.26. The molecule has 0 aliphatic carbocycles. The van der Waals surface area contributed by atoms with Crippen LogP contribution < -0.4 is 5.32 Å². The Kier molecular flexibility index (Phi) is 6.45. The highest BCUT2D eigenvalue weighted by atomic mass is 15.2. The average molecular weight is 241 g/mol. The number of hydrogen-bond donors (Lipinski definition) is 1. The lowest BCUT2D eigenvalue weighted by atomic mass is 9.98. The van der Waals surface area contributed by atoms with E-state index in [1.165, 1.54) is 58.4 Å². The third-order valence-electron chi connectivity index (χ3n) is 3.89. The second kappa shape index (κ2) is 7.34. The SMILES string of the molecule is CCC1(C)CN(CCCCN(C)C)CCCN1. The fourth-order valence-electron chi connectivity index (χ4n) is 2.51. The van der Waals surface area contributed by atoms with Crippen LogP contribution in [0.4, 0.5) is 0 Å². The van der Waals surface area contributed by atoms with Crippen LogP contribution >= 0.6 is 0 Å². The Balaban J connectivity index is 2.26. The third kappa shape index (κ3) is 5.84. The smallest absolute Gasteiger partial charge is 0.0277 e. The normalized spacial score (nSPS) is 27.4. The second-order valence-corrected chi connectivity index (χ2v) is 5.98. The fourth-order valence-corrected chi connectivity index (χ4v) is 2.51. The monoisotopic (exact) mass is 241 g/mol. The van der Waals surface area contributed by atoms with Crippen molar-refractivity contribution in [2.45, 2.75) is 45.1 Å². The highest BCUT2D eigenvalue weighted by Crippen LogP contribution is 2.15. The van der Waals surface area contributed by atoms with Crippen LogP contribution in [0.25, 0.3) is 0 Å². The van der Waals surface area contributed by atoms with E-state index >= 15 is 0 Å². The van der Waals surface area contributed by atoms with Crippen LogP contribution in [0.5, 0.6) is 0 Å². The molecule has 0 aromatic carbocycles. The van der Waals surface area contributed by atoms with Gasteiger partial charge in [-0.1, -0.05) is 6.92 Å². The number of nitrogens with zero attached hydrogens (tertiary/aromatic N) is 2. The minimum atomic E-state index is 0.331. The van der Waals surface area contributed by atoms with Gasteiger partial charge in [0.1, 0.15) is 0 Å². The molecule has 1 heterocycles. The van der Waals surface area contributed by atoms with Crippen LogP contribution in [-0.2, 0) is 0 Å². The summed E-state index contributed by atoms with van der Waals surface area (Å²) in [5, 5.41) is 3.70. The van der Waals surface area contributed by atoms with Crippen molar-refractivity contribution >= 4 is 0 Å². The minimum absolute atomic E-state index is 0.331. The van der Waals surface area contributed by atoms with E-state index in [-0.39, 0.29) is 0 Å². The van der Waals surface area contributed by atoms with Gasteiger partial charge in [0.05, 0.1) is 0 Å². The van der Waals surface area contributed by atoms with E-state index in [1.54, 1.807) is 0 Å². The van der Waals surface area contributed by atoms with Gasteiger partial charge >= 0.3 is 0 Å². The van der Waals surface area contributed by atoms with Crippen LogP contribution in [0.15, 0.2) is 0 Å². The molecule has 0 bridgehead atoms. The molecule has 3 heteroatoms. The minimum Gasteiger partial charge on any atom is -0.310 e. The Morgan fingerprint density at radius 2 is 2.06 bits per heavy atom. The Morgan fingerprint density at radius 1 is 1.29 bits per heavy atom. The van der Waals surface area contributed by atoms with Crippen LogP contribution in [0, 0.1) is 0 Å². The summed E-state index contributed by atoms with van der Waals surface area (Å²) in [6.07, 6.45) is 5.17. The predicted molar refractivity (Wildman–Crippen MR) is 75.5 cm³/mol. The molecule has 0 amide bonds. The molecule has 17 heavy (non-hydrogen) atoms. The van der Waals surface area contributed by atoms with Gasteiger partial charge in [0.25, 0.3) is 0 Å². The molecule has 1 fully saturated rings. The molecule has 1 saturated heterocycles. The quantitative estimate of drug-likeness (QED) is 0.715. The van der Waals surface area contributed by atoms with Crippen LogP contribution in [0.3, 0.4) is 0 Å². The van der Waals surface area contributed by atoms with E-state index in [4.69, 9.17) is 0 Å². The average Bonchev–Trinajstić information content (AvgIpc) is 2.47. The topological polar surface area (TPSA) is 18.5 Å². The van der Waals surface area contributed by atoms with E-state index in [0.717, 1.165) is 0 Å². The second-order valence-electron chi connectivity index (χ2n) is 5.98. The summed E-state index contributed by atoms with van der Waals surface area (Å²) in [5.41, 5.74) is 0.331. The van der Waals surface area contributed by atoms with Crippen molar-refractivity contribution in [1.29, 1.82) is 0 Å². The Labute approximate surface area is 108 Å². The molecule has 0 radical (unpaired) electrons. The van der Waals surface area contributed by atoms with Gasteiger partial charge in [0.15, 0.2) is 0 Å². The van der Waals surface area contributed by atoms with Crippen molar-refractivity contribution in [2.24, 2.45) is 0 Å². The van der Waals surface area contributed by atoms with Crippen molar-refractivity contribution in [1.82, 2.24) is 15.1 Å². The van der Waals surface area contributed by atoms with Gasteiger partial charge in [0.2, 0.25) is 0 Å². The molecule has 1 rings (SSSR count). The lowest BCUT2D eigenvalue weighted by Gasteiger charge is -2.32. The molecular formula is C14H31N3. The molecule has 1 atom stereocenters. The van der Waals surface area contributed by atoms with Gasteiger partial charge in [0, 0.05) is 12.1 Å². The molecular weight excluding hydrogens is 210 g/mol. The first-order valence-corrected chi connectivity index (χ1v) is 7.18.